The largest absolute Gasteiger partial charge is 0.462 e. The summed E-state index contributed by atoms with van der Waals surface area (Å²) in [5.74, 6) is 1.05. The fourth-order valence-electron chi connectivity index (χ4n) is 4.34. The number of unbranched alkanes of at least 4 members (excludes halogenated alkanes) is 1. The normalized spacial score (nSPS) is 13.6. The number of aryl methyl sites for hydroxylation is 1. The maximum absolute atomic E-state index is 12.5. The molecule has 0 spiro atoms. The van der Waals surface area contributed by atoms with Gasteiger partial charge in [-0.25, -0.2) is 9.97 Å². The van der Waals surface area contributed by atoms with Gasteiger partial charge < -0.3 is 10.1 Å². The molecule has 1 N–H and O–H groups in total. The summed E-state index contributed by atoms with van der Waals surface area (Å²) >= 11 is 0. The number of nitrogens with one attached hydrogen (secondary N) is 1. The molecule has 0 saturated carbocycles. The molecule has 5 nitrogen and oxygen atoms in total. The van der Waals surface area contributed by atoms with Gasteiger partial charge in [-0.3, -0.25) is 4.79 Å². The highest BCUT2D eigenvalue weighted by molar-refractivity contribution is 5.69. The van der Waals surface area contributed by atoms with Crippen molar-refractivity contribution in [3.05, 3.63) is 90.3 Å². The Labute approximate surface area is 204 Å². The molecule has 2 aromatic carbocycles. The van der Waals surface area contributed by atoms with Crippen LogP contribution in [0, 0.1) is 5.92 Å². The third-order valence-electron chi connectivity index (χ3n) is 6.26. The van der Waals surface area contributed by atoms with Gasteiger partial charge in [-0.1, -0.05) is 74.5 Å². The molecule has 3 unspecified atom stereocenters. The summed E-state index contributed by atoms with van der Waals surface area (Å²) < 4.78 is 5.93. The monoisotopic (exact) mass is 459 g/mol. The van der Waals surface area contributed by atoms with Crippen LogP contribution in [0.5, 0.6) is 0 Å². The van der Waals surface area contributed by atoms with Gasteiger partial charge in [-0.2, -0.15) is 0 Å². The highest BCUT2D eigenvalue weighted by atomic mass is 16.5. The highest BCUT2D eigenvalue weighted by Crippen LogP contribution is 2.28. The average Bonchev–Trinajstić information content (AvgIpc) is 2.89. The number of benzene rings is 2. The van der Waals surface area contributed by atoms with Crippen molar-refractivity contribution in [2.24, 2.45) is 5.92 Å². The summed E-state index contributed by atoms with van der Waals surface area (Å²) in [6, 6.07) is 22.7. The zero-order valence-electron chi connectivity index (χ0n) is 20.4. The maximum atomic E-state index is 12.5. The lowest BCUT2D eigenvalue weighted by Crippen LogP contribution is -2.27. The Bertz CT molecular complexity index is 951. The third kappa shape index (κ3) is 8.62. The molecular formula is C29H37N3O2. The van der Waals surface area contributed by atoms with E-state index in [9.17, 15) is 4.79 Å². The number of rotatable bonds is 14. The second kappa shape index (κ2) is 14.1. The highest BCUT2D eigenvalue weighted by Gasteiger charge is 2.24. The summed E-state index contributed by atoms with van der Waals surface area (Å²) in [5.41, 5.74) is 2.58. The Balaban J connectivity index is 1.50. The van der Waals surface area contributed by atoms with E-state index in [4.69, 9.17) is 4.74 Å². The minimum Gasteiger partial charge on any atom is -0.462 e. The first kappa shape index (κ1) is 25.4. The molecule has 5 heteroatoms. The van der Waals surface area contributed by atoms with Crippen LogP contribution in [0.4, 0.5) is 5.95 Å². The molecule has 0 aliphatic heterocycles. The van der Waals surface area contributed by atoms with Gasteiger partial charge in [-0.05, 0) is 55.2 Å². The second-order valence-electron chi connectivity index (χ2n) is 8.90. The molecule has 3 rings (SSSR count). The summed E-state index contributed by atoms with van der Waals surface area (Å²) in [7, 11) is 0. The van der Waals surface area contributed by atoms with Gasteiger partial charge in [0, 0.05) is 31.3 Å². The van der Waals surface area contributed by atoms with Crippen molar-refractivity contribution >= 4 is 11.9 Å². The summed E-state index contributed by atoms with van der Waals surface area (Å²) in [6.45, 7) is 5.01. The topological polar surface area (TPSA) is 64.1 Å². The van der Waals surface area contributed by atoms with Crippen molar-refractivity contribution in [2.45, 2.75) is 64.4 Å². The number of carbonyl (C=O) groups is 1. The van der Waals surface area contributed by atoms with E-state index in [2.05, 4.69) is 77.7 Å². The molecule has 0 radical (unpaired) electrons. The fourth-order valence-corrected chi connectivity index (χ4v) is 4.34. The molecule has 0 fully saturated rings. The molecule has 0 aliphatic carbocycles. The minimum atomic E-state index is -0.0844. The van der Waals surface area contributed by atoms with Crippen molar-refractivity contribution < 1.29 is 9.53 Å². The van der Waals surface area contributed by atoms with Crippen LogP contribution in [0.25, 0.3) is 0 Å². The van der Waals surface area contributed by atoms with Crippen LogP contribution >= 0.6 is 0 Å². The Morgan fingerprint density at radius 3 is 2.29 bits per heavy atom. The molecule has 0 amide bonds. The smallest absolute Gasteiger partial charge is 0.306 e. The van der Waals surface area contributed by atoms with Crippen LogP contribution in [0.2, 0.25) is 0 Å². The lowest BCUT2D eigenvalue weighted by Gasteiger charge is -2.27. The van der Waals surface area contributed by atoms with E-state index in [1.807, 2.05) is 18.2 Å². The van der Waals surface area contributed by atoms with E-state index in [1.54, 1.807) is 12.4 Å². The Morgan fingerprint density at radius 1 is 0.941 bits per heavy atom. The summed E-state index contributed by atoms with van der Waals surface area (Å²) in [4.78, 5) is 21.1. The fraction of sp³-hybridized carbons (Fsp3) is 0.414. The number of anilines is 1. The molecule has 1 aromatic heterocycles. The van der Waals surface area contributed by atoms with E-state index >= 15 is 0 Å². The van der Waals surface area contributed by atoms with Crippen LogP contribution < -0.4 is 5.32 Å². The van der Waals surface area contributed by atoms with E-state index in [1.165, 1.54) is 11.1 Å². The first-order valence-corrected chi connectivity index (χ1v) is 12.4. The van der Waals surface area contributed by atoms with Crippen molar-refractivity contribution in [1.82, 2.24) is 9.97 Å². The number of nitrogens with zero attached hydrogens (tertiary/aromatic N) is 2. The summed E-state index contributed by atoms with van der Waals surface area (Å²) in [6.07, 6.45) is 8.44. The number of hydrogen-bond acceptors (Lipinski definition) is 5. The van der Waals surface area contributed by atoms with Gasteiger partial charge in [0.1, 0.15) is 6.10 Å². The van der Waals surface area contributed by atoms with Gasteiger partial charge in [0.15, 0.2) is 0 Å². The first-order chi connectivity index (χ1) is 16.7. The van der Waals surface area contributed by atoms with Crippen molar-refractivity contribution in [2.75, 3.05) is 11.9 Å². The Kier molecular flexibility index (Phi) is 10.6. The third-order valence-corrected chi connectivity index (χ3v) is 6.26. The Morgan fingerprint density at radius 2 is 1.62 bits per heavy atom. The lowest BCUT2D eigenvalue weighted by molar-refractivity contribution is -0.152. The molecule has 1 heterocycles. The molecule has 3 aromatic rings. The van der Waals surface area contributed by atoms with Crippen LogP contribution in [0.15, 0.2) is 79.1 Å². The van der Waals surface area contributed by atoms with Crippen LogP contribution in [0.3, 0.4) is 0 Å². The lowest BCUT2D eigenvalue weighted by atomic mass is 9.86. The average molecular weight is 460 g/mol. The quantitative estimate of drug-likeness (QED) is 0.222. The summed E-state index contributed by atoms with van der Waals surface area (Å²) in [5, 5.41) is 3.36. The van der Waals surface area contributed by atoms with Crippen LogP contribution in [0.1, 0.15) is 63.0 Å². The van der Waals surface area contributed by atoms with Gasteiger partial charge in [0.05, 0.1) is 0 Å². The maximum Gasteiger partial charge on any atom is 0.306 e. The first-order valence-electron chi connectivity index (χ1n) is 12.4. The van der Waals surface area contributed by atoms with Crippen molar-refractivity contribution in [3.8, 4) is 0 Å². The van der Waals surface area contributed by atoms with E-state index in [-0.39, 0.29) is 23.9 Å². The molecule has 0 saturated heterocycles. The van der Waals surface area contributed by atoms with Gasteiger partial charge in [-0.15, -0.1) is 0 Å². The number of esters is 1. The molecule has 0 bridgehead atoms. The molecule has 3 atom stereocenters. The number of carbonyl (C=O) groups excluding carboxylic acids is 1. The van der Waals surface area contributed by atoms with Gasteiger partial charge >= 0.3 is 5.97 Å². The van der Waals surface area contributed by atoms with Crippen molar-refractivity contribution in [3.63, 3.8) is 0 Å². The predicted octanol–water partition coefficient (Wildman–Crippen LogP) is 6.43. The molecule has 0 aliphatic rings. The zero-order chi connectivity index (χ0) is 24.0. The Hall–Kier alpha value is -3.21. The van der Waals surface area contributed by atoms with E-state index in [0.29, 0.717) is 12.4 Å². The molecule has 34 heavy (non-hydrogen) atoms. The van der Waals surface area contributed by atoms with E-state index in [0.717, 1.165) is 38.6 Å². The number of aromatic nitrogens is 2. The zero-order valence-corrected chi connectivity index (χ0v) is 20.4. The number of ether oxygens (including phenoxy) is 1. The van der Waals surface area contributed by atoms with Gasteiger partial charge in [0.2, 0.25) is 5.95 Å². The predicted molar refractivity (Wildman–Crippen MR) is 138 cm³/mol. The SMILES string of the molecule is CCC(OC(=O)CCCCc1ccccc1)C(C)CC(CNc1ncccn1)c1ccccc1. The number of hydrogen-bond donors (Lipinski definition) is 1. The minimum absolute atomic E-state index is 0.0826. The molecule has 180 valence electrons. The van der Waals surface area contributed by atoms with Crippen molar-refractivity contribution in [1.29, 1.82) is 0 Å². The van der Waals surface area contributed by atoms with Crippen LogP contribution in [-0.4, -0.2) is 28.6 Å². The van der Waals surface area contributed by atoms with Gasteiger partial charge in [0.25, 0.3) is 0 Å². The second-order valence-corrected chi connectivity index (χ2v) is 8.90. The standard InChI is InChI=1S/C29H37N3O2/c1-3-27(34-28(33)18-11-10-15-24-13-6-4-7-14-24)23(2)21-26(25-16-8-5-9-17-25)22-32-29-30-19-12-20-31-29/h4-9,12-14,16-17,19-20,23,26-27H,3,10-11,15,18,21-22H2,1-2H3,(H,30,31,32). The molecular weight excluding hydrogens is 422 g/mol. The van der Waals surface area contributed by atoms with Crippen LogP contribution in [-0.2, 0) is 16.0 Å². The van der Waals surface area contributed by atoms with E-state index < -0.39 is 0 Å².